The Bertz CT molecular complexity index is 1050. The first kappa shape index (κ1) is 19.4. The van der Waals surface area contributed by atoms with Gasteiger partial charge in [-0.05, 0) is 19.9 Å². The van der Waals surface area contributed by atoms with Crippen LogP contribution in [0.2, 0.25) is 10.2 Å². The number of hydrogen-bond donors (Lipinski definition) is 1. The highest BCUT2D eigenvalue weighted by Gasteiger charge is 2.28. The molecule has 0 spiro atoms. The topological polar surface area (TPSA) is 76.7 Å². The zero-order valence-electron chi connectivity index (χ0n) is 14.8. The van der Waals surface area contributed by atoms with E-state index in [2.05, 4.69) is 9.97 Å². The van der Waals surface area contributed by atoms with Gasteiger partial charge in [0.2, 0.25) is 0 Å². The molecule has 3 rings (SSSR count). The first-order valence-corrected chi connectivity index (χ1v) is 8.90. The van der Waals surface area contributed by atoms with Crippen LogP contribution in [0.3, 0.4) is 0 Å². The molecule has 142 valence electrons. The van der Waals surface area contributed by atoms with Crippen molar-refractivity contribution in [3.63, 3.8) is 0 Å². The van der Waals surface area contributed by atoms with Crippen LogP contribution in [0.25, 0.3) is 5.52 Å². The van der Waals surface area contributed by atoms with Gasteiger partial charge in [-0.2, -0.15) is 0 Å². The van der Waals surface area contributed by atoms with Crippen LogP contribution in [-0.2, 0) is 4.74 Å². The third-order valence-electron chi connectivity index (χ3n) is 4.27. The number of nitrogens with zero attached hydrogens (tertiary/aromatic N) is 3. The number of phenolic OH excluding ortho intramolecular Hbond substituents is 1. The second-order valence-corrected chi connectivity index (χ2v) is 6.68. The molecule has 1 aromatic carbocycles. The number of carbonyl (C=O) groups is 1. The van der Waals surface area contributed by atoms with E-state index in [-0.39, 0.29) is 22.3 Å². The smallest absolute Gasteiger partial charge is 0.345 e. The van der Waals surface area contributed by atoms with Crippen molar-refractivity contribution in [1.29, 1.82) is 0 Å². The fourth-order valence-electron chi connectivity index (χ4n) is 2.99. The van der Waals surface area contributed by atoms with Crippen LogP contribution in [0.1, 0.15) is 47.2 Å². The van der Waals surface area contributed by atoms with Gasteiger partial charge in [0.25, 0.3) is 0 Å². The van der Waals surface area contributed by atoms with E-state index in [1.54, 1.807) is 31.4 Å². The SMILES string of the molecule is CCOC(=O)c1c(O)c([C@H](C)c2nc(C)c3c(Cl)nccn23)cc(Cl)c1F. The highest BCUT2D eigenvalue weighted by atomic mass is 35.5. The fraction of sp³-hybridized carbons (Fsp3) is 0.278. The number of fused-ring (bicyclic) bond motifs is 1. The lowest BCUT2D eigenvalue weighted by atomic mass is 9.96. The standard InChI is InChI=1S/C18H16Cl2FN3O3/c1-4-27-18(26)12-13(21)11(19)7-10(15(12)25)8(2)17-23-9(3)14-16(20)22-5-6-24(14)17/h5-8,25H,4H2,1-3H3/t8-/m0/s1. The van der Waals surface area contributed by atoms with Crippen LogP contribution in [0.4, 0.5) is 4.39 Å². The number of esters is 1. The summed E-state index contributed by atoms with van der Waals surface area (Å²) in [5.41, 5.74) is 0.917. The summed E-state index contributed by atoms with van der Waals surface area (Å²) in [6, 6.07) is 1.28. The van der Waals surface area contributed by atoms with E-state index in [9.17, 15) is 14.3 Å². The van der Waals surface area contributed by atoms with E-state index in [1.807, 2.05) is 0 Å². The molecule has 0 saturated carbocycles. The molecule has 1 atom stereocenters. The molecule has 0 aliphatic rings. The van der Waals surface area contributed by atoms with Crippen molar-refractivity contribution in [1.82, 2.24) is 14.4 Å². The molecule has 0 aliphatic heterocycles. The summed E-state index contributed by atoms with van der Waals surface area (Å²) < 4.78 is 20.9. The van der Waals surface area contributed by atoms with E-state index < -0.39 is 29.0 Å². The molecule has 27 heavy (non-hydrogen) atoms. The van der Waals surface area contributed by atoms with Crippen LogP contribution in [0, 0.1) is 12.7 Å². The van der Waals surface area contributed by atoms with Crippen molar-refractivity contribution in [2.75, 3.05) is 6.61 Å². The summed E-state index contributed by atoms with van der Waals surface area (Å²) in [6.45, 7) is 5.14. The first-order valence-electron chi connectivity index (χ1n) is 8.14. The van der Waals surface area contributed by atoms with Crippen molar-refractivity contribution < 1.29 is 19.0 Å². The number of ether oxygens (including phenoxy) is 1. The summed E-state index contributed by atoms with van der Waals surface area (Å²) >= 11 is 12.1. The second-order valence-electron chi connectivity index (χ2n) is 5.92. The maximum Gasteiger partial charge on any atom is 0.345 e. The Morgan fingerprint density at radius 3 is 2.81 bits per heavy atom. The molecule has 2 heterocycles. The van der Waals surface area contributed by atoms with E-state index in [0.717, 1.165) is 0 Å². The molecular weight excluding hydrogens is 396 g/mol. The number of aromatic hydroxyl groups is 1. The molecule has 0 bridgehead atoms. The van der Waals surface area contributed by atoms with Gasteiger partial charge in [-0.3, -0.25) is 4.40 Å². The minimum atomic E-state index is -1.03. The minimum Gasteiger partial charge on any atom is -0.507 e. The number of carbonyl (C=O) groups excluding carboxylic acids is 1. The zero-order chi connectivity index (χ0) is 19.9. The highest BCUT2D eigenvalue weighted by molar-refractivity contribution is 6.32. The third-order valence-corrected chi connectivity index (χ3v) is 4.82. The minimum absolute atomic E-state index is 0.0324. The van der Waals surface area contributed by atoms with E-state index in [0.29, 0.717) is 17.0 Å². The van der Waals surface area contributed by atoms with E-state index in [1.165, 1.54) is 12.3 Å². The lowest BCUT2D eigenvalue weighted by Gasteiger charge is -2.16. The number of phenols is 1. The predicted octanol–water partition coefficient (Wildman–Crippen LogP) is 4.52. The Morgan fingerprint density at radius 1 is 1.44 bits per heavy atom. The van der Waals surface area contributed by atoms with E-state index >= 15 is 0 Å². The quantitative estimate of drug-likeness (QED) is 0.638. The largest absolute Gasteiger partial charge is 0.507 e. The monoisotopic (exact) mass is 411 g/mol. The van der Waals surface area contributed by atoms with Crippen molar-refractivity contribution in [2.45, 2.75) is 26.7 Å². The van der Waals surface area contributed by atoms with Gasteiger partial charge >= 0.3 is 5.97 Å². The number of aryl methyl sites for hydroxylation is 1. The van der Waals surface area contributed by atoms with Crippen LogP contribution in [0.15, 0.2) is 18.5 Å². The maximum atomic E-state index is 14.4. The van der Waals surface area contributed by atoms with Crippen LogP contribution < -0.4 is 0 Å². The Hall–Kier alpha value is -2.38. The number of rotatable bonds is 4. The molecule has 1 N–H and O–H groups in total. The average Bonchev–Trinajstić information content (AvgIpc) is 2.96. The lowest BCUT2D eigenvalue weighted by molar-refractivity contribution is 0.0517. The number of benzene rings is 1. The molecule has 0 fully saturated rings. The Kier molecular flexibility index (Phi) is 5.26. The fourth-order valence-corrected chi connectivity index (χ4v) is 3.49. The van der Waals surface area contributed by atoms with Crippen LogP contribution in [0.5, 0.6) is 5.75 Å². The average molecular weight is 412 g/mol. The van der Waals surface area contributed by atoms with Crippen molar-refractivity contribution >= 4 is 34.7 Å². The summed E-state index contributed by atoms with van der Waals surface area (Å²) in [5.74, 6) is -2.55. The Labute approximate surface area is 164 Å². The van der Waals surface area contributed by atoms with Gasteiger partial charge in [-0.1, -0.05) is 30.1 Å². The molecule has 0 aliphatic carbocycles. The summed E-state index contributed by atoms with van der Waals surface area (Å²) in [7, 11) is 0. The number of hydrogen-bond acceptors (Lipinski definition) is 5. The van der Waals surface area contributed by atoms with Gasteiger partial charge in [-0.25, -0.2) is 19.2 Å². The molecule has 0 saturated heterocycles. The predicted molar refractivity (Wildman–Crippen MR) is 99.3 cm³/mol. The summed E-state index contributed by atoms with van der Waals surface area (Å²) in [5, 5.41) is 10.6. The molecule has 9 heteroatoms. The molecule has 3 aromatic rings. The molecule has 0 amide bonds. The number of imidazole rings is 1. The Morgan fingerprint density at radius 2 is 2.15 bits per heavy atom. The Balaban J connectivity index is 2.20. The lowest BCUT2D eigenvalue weighted by Crippen LogP contribution is -2.11. The molecule has 6 nitrogen and oxygen atoms in total. The van der Waals surface area contributed by atoms with Crippen molar-refractivity contribution in [3.05, 3.63) is 57.1 Å². The van der Waals surface area contributed by atoms with Gasteiger partial charge < -0.3 is 9.84 Å². The normalized spacial score (nSPS) is 12.4. The van der Waals surface area contributed by atoms with E-state index in [4.69, 9.17) is 27.9 Å². The molecule has 2 aromatic heterocycles. The molecule has 0 radical (unpaired) electrons. The second kappa shape index (κ2) is 7.32. The third kappa shape index (κ3) is 3.21. The highest BCUT2D eigenvalue weighted by Crippen LogP contribution is 2.38. The molecule has 0 unspecified atom stereocenters. The van der Waals surface area contributed by atoms with Gasteiger partial charge in [-0.15, -0.1) is 0 Å². The van der Waals surface area contributed by atoms with Gasteiger partial charge in [0.15, 0.2) is 11.0 Å². The van der Waals surface area contributed by atoms with Gasteiger partial charge in [0.1, 0.15) is 22.7 Å². The maximum absolute atomic E-state index is 14.4. The van der Waals surface area contributed by atoms with Crippen molar-refractivity contribution in [2.24, 2.45) is 0 Å². The zero-order valence-corrected chi connectivity index (χ0v) is 16.3. The van der Waals surface area contributed by atoms with Crippen LogP contribution in [-0.4, -0.2) is 32.1 Å². The number of halogens is 3. The van der Waals surface area contributed by atoms with Gasteiger partial charge in [0, 0.05) is 23.9 Å². The summed E-state index contributed by atoms with van der Waals surface area (Å²) in [6.07, 6.45) is 3.20. The first-order chi connectivity index (χ1) is 12.8. The van der Waals surface area contributed by atoms with Crippen molar-refractivity contribution in [3.8, 4) is 5.75 Å². The molecular formula is C18H16Cl2FN3O3. The van der Waals surface area contributed by atoms with Gasteiger partial charge in [0.05, 0.1) is 17.3 Å². The van der Waals surface area contributed by atoms with Crippen LogP contribution >= 0.6 is 23.2 Å². The summed E-state index contributed by atoms with van der Waals surface area (Å²) in [4.78, 5) is 20.6. The number of aromatic nitrogens is 3.